The molecular formula is C16H25N3O4S. The number of nitrogens with one attached hydrogen (secondary N) is 1. The molecule has 1 aromatic rings. The van der Waals surface area contributed by atoms with E-state index in [1.165, 1.54) is 23.5 Å². The van der Waals surface area contributed by atoms with Crippen LogP contribution in [0.5, 0.6) is 5.75 Å². The first-order valence-corrected chi connectivity index (χ1v) is 9.34. The molecule has 1 aromatic carbocycles. The molecule has 0 spiro atoms. The van der Waals surface area contributed by atoms with Crippen LogP contribution in [0, 0.1) is 0 Å². The molecule has 2 rings (SSSR count). The van der Waals surface area contributed by atoms with Crippen LogP contribution in [0.1, 0.15) is 37.0 Å². The Morgan fingerprint density at radius 3 is 2.50 bits per heavy atom. The number of rotatable bonds is 6. The molecule has 0 radical (unpaired) electrons. The lowest BCUT2D eigenvalue weighted by molar-refractivity contribution is 0.0946. The second-order valence-electron chi connectivity index (χ2n) is 6.65. The van der Waals surface area contributed by atoms with Crippen molar-refractivity contribution >= 4 is 15.9 Å². The van der Waals surface area contributed by atoms with Gasteiger partial charge < -0.3 is 15.8 Å². The van der Waals surface area contributed by atoms with Crippen molar-refractivity contribution in [1.82, 2.24) is 9.62 Å². The minimum absolute atomic E-state index is 0.0200. The minimum Gasteiger partial charge on any atom is -0.495 e. The average molecular weight is 355 g/mol. The molecule has 7 nitrogen and oxygen atoms in total. The van der Waals surface area contributed by atoms with Gasteiger partial charge in [-0.15, -0.1) is 0 Å². The Kier molecular flexibility index (Phi) is 5.52. The number of carbonyl (C=O) groups excluding carboxylic acids is 1. The Hall–Kier alpha value is -1.64. The van der Waals surface area contributed by atoms with E-state index < -0.39 is 15.6 Å². The molecule has 1 amide bonds. The summed E-state index contributed by atoms with van der Waals surface area (Å²) in [6, 6.07) is 4.41. The van der Waals surface area contributed by atoms with E-state index >= 15 is 0 Å². The summed E-state index contributed by atoms with van der Waals surface area (Å²) in [5.74, 6) is -0.133. The Morgan fingerprint density at radius 1 is 1.33 bits per heavy atom. The quantitative estimate of drug-likeness (QED) is 0.791. The lowest BCUT2D eigenvalue weighted by atomic mass is 10.1. The van der Waals surface area contributed by atoms with E-state index in [1.807, 2.05) is 0 Å². The summed E-state index contributed by atoms with van der Waals surface area (Å²) in [4.78, 5) is 12.3. The highest BCUT2D eigenvalue weighted by Gasteiger charge is 2.30. The van der Waals surface area contributed by atoms with Crippen LogP contribution >= 0.6 is 0 Å². The molecule has 0 atom stereocenters. The van der Waals surface area contributed by atoms with Gasteiger partial charge in [-0.1, -0.05) is 0 Å². The van der Waals surface area contributed by atoms with Gasteiger partial charge in [0.1, 0.15) is 10.6 Å². The van der Waals surface area contributed by atoms with Crippen molar-refractivity contribution in [3.8, 4) is 5.75 Å². The van der Waals surface area contributed by atoms with Crippen molar-refractivity contribution in [2.75, 3.05) is 26.7 Å². The number of carbonyl (C=O) groups is 1. The SMILES string of the molecule is COc1ccc(C(=O)NCC(C)(C)N)cc1S(=O)(=O)N1CCCC1. The predicted molar refractivity (Wildman–Crippen MR) is 91.6 cm³/mol. The molecule has 1 heterocycles. The summed E-state index contributed by atoms with van der Waals surface area (Å²) in [5, 5.41) is 2.71. The third-order valence-electron chi connectivity index (χ3n) is 3.81. The van der Waals surface area contributed by atoms with Crippen LogP contribution in [-0.4, -0.2) is 50.9 Å². The number of sulfonamides is 1. The van der Waals surface area contributed by atoms with Gasteiger partial charge in [-0.3, -0.25) is 4.79 Å². The highest BCUT2D eigenvalue weighted by molar-refractivity contribution is 7.89. The molecular weight excluding hydrogens is 330 g/mol. The van der Waals surface area contributed by atoms with Crippen LogP contribution in [0.2, 0.25) is 0 Å². The average Bonchev–Trinajstić information content (AvgIpc) is 3.06. The molecule has 0 aliphatic carbocycles. The molecule has 0 saturated carbocycles. The zero-order valence-electron chi connectivity index (χ0n) is 14.3. The fraction of sp³-hybridized carbons (Fsp3) is 0.562. The molecule has 1 saturated heterocycles. The van der Waals surface area contributed by atoms with E-state index in [4.69, 9.17) is 10.5 Å². The van der Waals surface area contributed by atoms with Gasteiger partial charge in [0.25, 0.3) is 5.91 Å². The van der Waals surface area contributed by atoms with Gasteiger partial charge in [-0.25, -0.2) is 8.42 Å². The number of ether oxygens (including phenoxy) is 1. The summed E-state index contributed by atoms with van der Waals surface area (Å²) >= 11 is 0. The third-order valence-corrected chi connectivity index (χ3v) is 5.73. The first-order chi connectivity index (χ1) is 11.1. The van der Waals surface area contributed by atoms with E-state index in [0.717, 1.165) is 12.8 Å². The van der Waals surface area contributed by atoms with E-state index in [0.29, 0.717) is 13.1 Å². The third kappa shape index (κ3) is 4.25. The lowest BCUT2D eigenvalue weighted by Gasteiger charge is -2.20. The number of nitrogens with zero attached hydrogens (tertiary/aromatic N) is 1. The number of benzene rings is 1. The van der Waals surface area contributed by atoms with Gasteiger partial charge in [-0.05, 0) is 44.9 Å². The molecule has 8 heteroatoms. The topological polar surface area (TPSA) is 102 Å². The maximum Gasteiger partial charge on any atom is 0.251 e. The normalized spacial score (nSPS) is 16.2. The number of methoxy groups -OCH3 is 1. The van der Waals surface area contributed by atoms with Crippen LogP contribution in [0.4, 0.5) is 0 Å². The van der Waals surface area contributed by atoms with Crippen molar-refractivity contribution < 1.29 is 17.9 Å². The van der Waals surface area contributed by atoms with Crippen molar-refractivity contribution in [3.63, 3.8) is 0 Å². The van der Waals surface area contributed by atoms with Gasteiger partial charge in [0, 0.05) is 30.7 Å². The van der Waals surface area contributed by atoms with Gasteiger partial charge >= 0.3 is 0 Å². The molecule has 1 fully saturated rings. The first kappa shape index (κ1) is 18.7. The fourth-order valence-electron chi connectivity index (χ4n) is 2.50. The largest absolute Gasteiger partial charge is 0.495 e. The van der Waals surface area contributed by atoms with E-state index in [-0.39, 0.29) is 28.7 Å². The highest BCUT2D eigenvalue weighted by atomic mass is 32.2. The van der Waals surface area contributed by atoms with Crippen LogP contribution in [-0.2, 0) is 10.0 Å². The smallest absolute Gasteiger partial charge is 0.251 e. The second kappa shape index (κ2) is 7.08. The molecule has 0 bridgehead atoms. The van der Waals surface area contributed by atoms with Crippen molar-refractivity contribution in [3.05, 3.63) is 23.8 Å². The van der Waals surface area contributed by atoms with E-state index in [9.17, 15) is 13.2 Å². The fourth-order valence-corrected chi connectivity index (χ4v) is 4.20. The highest BCUT2D eigenvalue weighted by Crippen LogP contribution is 2.29. The van der Waals surface area contributed by atoms with Crippen LogP contribution < -0.4 is 15.8 Å². The van der Waals surface area contributed by atoms with Gasteiger partial charge in [0.15, 0.2) is 0 Å². The van der Waals surface area contributed by atoms with Gasteiger partial charge in [0.05, 0.1) is 7.11 Å². The summed E-state index contributed by atoms with van der Waals surface area (Å²) in [6.45, 7) is 4.85. The maximum absolute atomic E-state index is 12.8. The number of nitrogens with two attached hydrogens (primary N) is 1. The van der Waals surface area contributed by atoms with E-state index in [1.54, 1.807) is 19.9 Å². The first-order valence-electron chi connectivity index (χ1n) is 7.90. The zero-order chi connectivity index (χ0) is 18.0. The van der Waals surface area contributed by atoms with E-state index in [2.05, 4.69) is 5.32 Å². The van der Waals surface area contributed by atoms with Gasteiger partial charge in [0.2, 0.25) is 10.0 Å². The van der Waals surface area contributed by atoms with Crippen LogP contribution in [0.15, 0.2) is 23.1 Å². The number of hydrogen-bond donors (Lipinski definition) is 2. The molecule has 0 unspecified atom stereocenters. The summed E-state index contributed by atoms with van der Waals surface area (Å²) < 4.78 is 32.2. The molecule has 1 aliphatic heterocycles. The Morgan fingerprint density at radius 2 is 1.96 bits per heavy atom. The van der Waals surface area contributed by atoms with Crippen molar-refractivity contribution in [1.29, 1.82) is 0 Å². The van der Waals surface area contributed by atoms with Gasteiger partial charge in [-0.2, -0.15) is 4.31 Å². The molecule has 1 aliphatic rings. The molecule has 0 aromatic heterocycles. The zero-order valence-corrected chi connectivity index (χ0v) is 15.1. The Balaban J connectivity index is 2.32. The van der Waals surface area contributed by atoms with Crippen molar-refractivity contribution in [2.45, 2.75) is 37.1 Å². The summed E-state index contributed by atoms with van der Waals surface area (Å²) in [7, 11) is -2.27. The standard InChI is InChI=1S/C16H25N3O4S/c1-16(2,17)11-18-15(20)12-6-7-13(23-3)14(10-12)24(21,22)19-8-4-5-9-19/h6-7,10H,4-5,8-9,11,17H2,1-3H3,(H,18,20). The molecule has 3 N–H and O–H groups in total. The second-order valence-corrected chi connectivity index (χ2v) is 8.55. The van der Waals surface area contributed by atoms with Crippen LogP contribution in [0.3, 0.4) is 0 Å². The minimum atomic E-state index is -3.68. The predicted octanol–water partition coefficient (Wildman–Crippen LogP) is 0.947. The number of amides is 1. The molecule has 24 heavy (non-hydrogen) atoms. The Labute approximate surface area is 143 Å². The lowest BCUT2D eigenvalue weighted by Crippen LogP contribution is -2.45. The number of hydrogen-bond acceptors (Lipinski definition) is 5. The monoisotopic (exact) mass is 355 g/mol. The van der Waals surface area contributed by atoms with Crippen LogP contribution in [0.25, 0.3) is 0 Å². The Bertz CT molecular complexity index is 705. The molecule has 134 valence electrons. The van der Waals surface area contributed by atoms with Crippen molar-refractivity contribution in [2.24, 2.45) is 5.73 Å². The summed E-state index contributed by atoms with van der Waals surface area (Å²) in [6.07, 6.45) is 1.68. The maximum atomic E-state index is 12.8. The summed E-state index contributed by atoms with van der Waals surface area (Å²) in [5.41, 5.74) is 5.56.